The predicted octanol–water partition coefficient (Wildman–Crippen LogP) is 3.71. The fraction of sp³-hybridized carbons (Fsp3) is 0.625. The summed E-state index contributed by atoms with van der Waals surface area (Å²) < 4.78 is 5.80. The van der Waals surface area contributed by atoms with Gasteiger partial charge in [-0.05, 0) is 30.9 Å². The van der Waals surface area contributed by atoms with Gasteiger partial charge in [0.1, 0.15) is 5.75 Å². The Kier molecular flexibility index (Phi) is 4.28. The molecule has 1 aliphatic heterocycles. The van der Waals surface area contributed by atoms with Crippen molar-refractivity contribution in [2.24, 2.45) is 5.92 Å². The Morgan fingerprint density at radius 2 is 2.17 bits per heavy atom. The van der Waals surface area contributed by atoms with Crippen molar-refractivity contribution in [3.63, 3.8) is 0 Å². The summed E-state index contributed by atoms with van der Waals surface area (Å²) in [6, 6.07) is 6.99. The average Bonchev–Trinajstić information content (AvgIpc) is 2.33. The molecular formula is C16H25NO. The van der Waals surface area contributed by atoms with Crippen LogP contribution in [0.5, 0.6) is 5.75 Å². The predicted molar refractivity (Wildman–Crippen MR) is 76.1 cm³/mol. The maximum absolute atomic E-state index is 5.80. The number of nitrogens with one attached hydrogen (secondary N) is 1. The topological polar surface area (TPSA) is 21.3 Å². The minimum absolute atomic E-state index is 0.527. The highest BCUT2D eigenvalue weighted by Gasteiger charge is 2.28. The number of fused-ring (bicyclic) bond motifs is 1. The lowest BCUT2D eigenvalue weighted by atomic mass is 9.82. The van der Waals surface area contributed by atoms with Crippen molar-refractivity contribution in [2.45, 2.75) is 52.6 Å². The highest BCUT2D eigenvalue weighted by atomic mass is 16.5. The van der Waals surface area contributed by atoms with E-state index in [1.807, 2.05) is 0 Å². The zero-order valence-electron chi connectivity index (χ0n) is 12.0. The molecule has 18 heavy (non-hydrogen) atoms. The molecule has 0 aliphatic carbocycles. The standard InChI is InChI=1S/C16H25NO/c1-5-18-15-8-6-7-13-10-17-14(9-11(2)3)12(4)16(13)15/h6-8,11-12,14,17H,5,9-10H2,1-4H3. The van der Waals surface area contributed by atoms with E-state index < -0.39 is 0 Å². The molecule has 0 fully saturated rings. The summed E-state index contributed by atoms with van der Waals surface area (Å²) >= 11 is 0. The van der Waals surface area contributed by atoms with Gasteiger partial charge in [-0.2, -0.15) is 0 Å². The summed E-state index contributed by atoms with van der Waals surface area (Å²) in [6.45, 7) is 10.7. The first kappa shape index (κ1) is 13.4. The number of ether oxygens (including phenoxy) is 1. The van der Waals surface area contributed by atoms with Crippen molar-refractivity contribution in [1.29, 1.82) is 0 Å². The van der Waals surface area contributed by atoms with Crippen LogP contribution in [0.15, 0.2) is 18.2 Å². The maximum Gasteiger partial charge on any atom is 0.123 e. The lowest BCUT2D eigenvalue weighted by molar-refractivity contribution is 0.312. The minimum atomic E-state index is 0.527. The first-order valence-electron chi connectivity index (χ1n) is 7.11. The molecule has 1 aromatic rings. The molecule has 0 spiro atoms. The van der Waals surface area contributed by atoms with Crippen LogP contribution in [0.25, 0.3) is 0 Å². The van der Waals surface area contributed by atoms with E-state index in [4.69, 9.17) is 4.74 Å². The molecule has 0 saturated carbocycles. The molecule has 2 nitrogen and oxygen atoms in total. The summed E-state index contributed by atoms with van der Waals surface area (Å²) in [5, 5.41) is 3.67. The van der Waals surface area contributed by atoms with Crippen LogP contribution in [0.4, 0.5) is 0 Å². The largest absolute Gasteiger partial charge is 0.494 e. The quantitative estimate of drug-likeness (QED) is 0.876. The van der Waals surface area contributed by atoms with Crippen molar-refractivity contribution in [3.8, 4) is 5.75 Å². The number of benzene rings is 1. The van der Waals surface area contributed by atoms with Gasteiger partial charge in [-0.15, -0.1) is 0 Å². The fourth-order valence-electron chi connectivity index (χ4n) is 2.96. The molecular weight excluding hydrogens is 222 g/mol. The molecule has 1 aliphatic rings. The molecule has 2 heteroatoms. The Morgan fingerprint density at radius 1 is 1.39 bits per heavy atom. The van der Waals surface area contributed by atoms with E-state index in [2.05, 4.69) is 51.2 Å². The summed E-state index contributed by atoms with van der Waals surface area (Å²) in [7, 11) is 0. The summed E-state index contributed by atoms with van der Waals surface area (Å²) in [6.07, 6.45) is 1.22. The molecule has 0 aromatic heterocycles. The minimum Gasteiger partial charge on any atom is -0.494 e. The molecule has 100 valence electrons. The van der Waals surface area contributed by atoms with Crippen LogP contribution >= 0.6 is 0 Å². The SMILES string of the molecule is CCOc1cccc2c1C(C)C(CC(C)C)NC2. The molecule has 0 saturated heterocycles. The molecule has 2 atom stereocenters. The first-order chi connectivity index (χ1) is 8.63. The van der Waals surface area contributed by atoms with Crippen LogP contribution < -0.4 is 10.1 Å². The molecule has 0 bridgehead atoms. The summed E-state index contributed by atoms with van der Waals surface area (Å²) in [5.74, 6) is 2.34. The van der Waals surface area contributed by atoms with Gasteiger partial charge in [0.05, 0.1) is 6.61 Å². The van der Waals surface area contributed by atoms with Crippen LogP contribution in [0.3, 0.4) is 0 Å². The molecule has 0 amide bonds. The van der Waals surface area contributed by atoms with Crippen LogP contribution in [-0.4, -0.2) is 12.6 Å². The molecule has 1 aromatic carbocycles. The van der Waals surface area contributed by atoms with Crippen LogP contribution in [0, 0.1) is 5.92 Å². The highest BCUT2D eigenvalue weighted by Crippen LogP contribution is 2.37. The lowest BCUT2D eigenvalue weighted by Crippen LogP contribution is -2.39. The zero-order valence-corrected chi connectivity index (χ0v) is 12.0. The smallest absolute Gasteiger partial charge is 0.123 e. The van der Waals surface area contributed by atoms with Gasteiger partial charge in [-0.1, -0.05) is 32.9 Å². The number of hydrogen-bond donors (Lipinski definition) is 1. The molecule has 1 heterocycles. The number of hydrogen-bond acceptors (Lipinski definition) is 2. The van der Waals surface area contributed by atoms with E-state index in [9.17, 15) is 0 Å². The summed E-state index contributed by atoms with van der Waals surface area (Å²) in [4.78, 5) is 0. The fourth-order valence-corrected chi connectivity index (χ4v) is 2.96. The van der Waals surface area contributed by atoms with E-state index >= 15 is 0 Å². The second-order valence-corrected chi connectivity index (χ2v) is 5.67. The molecule has 0 radical (unpaired) electrons. The van der Waals surface area contributed by atoms with Crippen LogP contribution in [-0.2, 0) is 6.54 Å². The van der Waals surface area contributed by atoms with Gasteiger partial charge in [-0.25, -0.2) is 0 Å². The van der Waals surface area contributed by atoms with Gasteiger partial charge in [-0.3, -0.25) is 0 Å². The van der Waals surface area contributed by atoms with Crippen molar-refractivity contribution in [3.05, 3.63) is 29.3 Å². The van der Waals surface area contributed by atoms with E-state index in [-0.39, 0.29) is 0 Å². The van der Waals surface area contributed by atoms with Crippen molar-refractivity contribution in [1.82, 2.24) is 5.32 Å². The van der Waals surface area contributed by atoms with Gasteiger partial charge in [0.25, 0.3) is 0 Å². The molecule has 1 N–H and O–H groups in total. The molecule has 2 rings (SSSR count). The maximum atomic E-state index is 5.80. The molecule has 2 unspecified atom stereocenters. The van der Waals surface area contributed by atoms with Crippen molar-refractivity contribution in [2.75, 3.05) is 6.61 Å². The average molecular weight is 247 g/mol. The second-order valence-electron chi connectivity index (χ2n) is 5.67. The Bertz CT molecular complexity index is 400. The second kappa shape index (κ2) is 5.75. The normalized spacial score (nSPS) is 22.9. The van der Waals surface area contributed by atoms with Gasteiger partial charge < -0.3 is 10.1 Å². The number of rotatable bonds is 4. The Morgan fingerprint density at radius 3 is 2.83 bits per heavy atom. The third-order valence-corrected chi connectivity index (χ3v) is 3.80. The Balaban J connectivity index is 2.28. The zero-order chi connectivity index (χ0) is 13.1. The van der Waals surface area contributed by atoms with Crippen LogP contribution in [0.2, 0.25) is 0 Å². The Hall–Kier alpha value is -1.02. The Labute approximate surface area is 111 Å². The van der Waals surface area contributed by atoms with Crippen LogP contribution in [0.1, 0.15) is 51.2 Å². The lowest BCUT2D eigenvalue weighted by Gasteiger charge is -2.34. The van der Waals surface area contributed by atoms with E-state index in [0.717, 1.165) is 24.8 Å². The first-order valence-corrected chi connectivity index (χ1v) is 7.11. The third kappa shape index (κ3) is 2.69. The van der Waals surface area contributed by atoms with Crippen molar-refractivity contribution < 1.29 is 4.74 Å². The van der Waals surface area contributed by atoms with Gasteiger partial charge in [0.15, 0.2) is 0 Å². The van der Waals surface area contributed by atoms with Gasteiger partial charge in [0.2, 0.25) is 0 Å². The monoisotopic (exact) mass is 247 g/mol. The van der Waals surface area contributed by atoms with Gasteiger partial charge >= 0.3 is 0 Å². The van der Waals surface area contributed by atoms with E-state index in [0.29, 0.717) is 12.0 Å². The van der Waals surface area contributed by atoms with E-state index in [1.54, 1.807) is 0 Å². The third-order valence-electron chi connectivity index (χ3n) is 3.80. The van der Waals surface area contributed by atoms with Crippen molar-refractivity contribution >= 4 is 0 Å². The van der Waals surface area contributed by atoms with E-state index in [1.165, 1.54) is 17.5 Å². The summed E-state index contributed by atoms with van der Waals surface area (Å²) in [5.41, 5.74) is 2.82. The van der Waals surface area contributed by atoms with Gasteiger partial charge in [0, 0.05) is 24.1 Å². The highest BCUT2D eigenvalue weighted by molar-refractivity contribution is 5.45.